The fraction of sp³-hybridized carbons (Fsp3) is 0.111. The van der Waals surface area contributed by atoms with Gasteiger partial charge in [0.05, 0.1) is 10.7 Å². The van der Waals surface area contributed by atoms with E-state index in [9.17, 15) is 0 Å². The van der Waals surface area contributed by atoms with Gasteiger partial charge in [-0.1, -0.05) is 24.4 Å². The van der Waals surface area contributed by atoms with E-state index in [1.165, 1.54) is 16.1 Å². The highest BCUT2D eigenvalue weighted by atomic mass is 32.2. The van der Waals surface area contributed by atoms with Gasteiger partial charge < -0.3 is 5.32 Å². The largest absolute Gasteiger partial charge is 0.350 e. The number of anilines is 1. The lowest BCUT2D eigenvalue weighted by molar-refractivity contribution is 1.38. The first kappa shape index (κ1) is 6.80. The maximum atomic E-state index is 3.85. The smallest absolute Gasteiger partial charge is 0.0701 e. The van der Waals surface area contributed by atoms with Crippen molar-refractivity contribution in [1.82, 2.24) is 0 Å². The quantitative estimate of drug-likeness (QED) is 0.631. The Balaban J connectivity index is 2.51. The highest BCUT2D eigenvalue weighted by molar-refractivity contribution is 8.03. The van der Waals surface area contributed by atoms with Gasteiger partial charge in [0.25, 0.3) is 0 Å². The highest BCUT2D eigenvalue weighted by Gasteiger charge is 2.12. The standard InChI is InChI=1S/C9H9NS/c1-6-3-4-9-8(5-6)10-7(2)11-9/h3-5,10H,2H2,1H3. The number of nitrogens with one attached hydrogen (secondary N) is 1. The molecule has 0 spiro atoms. The van der Waals surface area contributed by atoms with Crippen LogP contribution in [-0.2, 0) is 0 Å². The Morgan fingerprint density at radius 2 is 2.27 bits per heavy atom. The Kier molecular flexibility index (Phi) is 1.43. The Bertz CT molecular complexity index is 317. The molecule has 0 radical (unpaired) electrons. The molecule has 2 heteroatoms. The van der Waals surface area contributed by atoms with E-state index in [1.807, 2.05) is 0 Å². The fourth-order valence-corrected chi connectivity index (χ4v) is 1.92. The van der Waals surface area contributed by atoms with Crippen LogP contribution in [0, 0.1) is 6.92 Å². The minimum Gasteiger partial charge on any atom is -0.350 e. The van der Waals surface area contributed by atoms with Gasteiger partial charge in [-0.2, -0.15) is 0 Å². The van der Waals surface area contributed by atoms with E-state index < -0.39 is 0 Å². The van der Waals surface area contributed by atoms with Crippen LogP contribution in [-0.4, -0.2) is 0 Å². The van der Waals surface area contributed by atoms with Gasteiger partial charge in [0.2, 0.25) is 0 Å². The summed E-state index contributed by atoms with van der Waals surface area (Å²) in [6.07, 6.45) is 0. The van der Waals surface area contributed by atoms with E-state index in [-0.39, 0.29) is 0 Å². The maximum Gasteiger partial charge on any atom is 0.0701 e. The van der Waals surface area contributed by atoms with Crippen LogP contribution in [0.25, 0.3) is 0 Å². The van der Waals surface area contributed by atoms with E-state index in [0.29, 0.717) is 0 Å². The highest BCUT2D eigenvalue weighted by Crippen LogP contribution is 2.39. The molecule has 1 nitrogen and oxygen atoms in total. The average molecular weight is 163 g/mol. The summed E-state index contributed by atoms with van der Waals surface area (Å²) in [6.45, 7) is 5.94. The molecule has 1 aliphatic rings. The van der Waals surface area contributed by atoms with Crippen molar-refractivity contribution >= 4 is 17.4 Å². The number of aryl methyl sites for hydroxylation is 1. The van der Waals surface area contributed by atoms with E-state index in [2.05, 4.69) is 37.0 Å². The second-order valence-electron chi connectivity index (χ2n) is 2.65. The lowest BCUT2D eigenvalue weighted by Gasteiger charge is -1.97. The topological polar surface area (TPSA) is 12.0 Å². The number of hydrogen-bond acceptors (Lipinski definition) is 2. The van der Waals surface area contributed by atoms with Gasteiger partial charge in [-0.15, -0.1) is 0 Å². The predicted octanol–water partition coefficient (Wildman–Crippen LogP) is 2.98. The third kappa shape index (κ3) is 1.14. The molecule has 11 heavy (non-hydrogen) atoms. The molecular weight excluding hydrogens is 154 g/mol. The minimum absolute atomic E-state index is 1.02. The molecule has 0 unspecified atom stereocenters. The first-order valence-electron chi connectivity index (χ1n) is 3.50. The molecule has 1 N–H and O–H groups in total. The minimum atomic E-state index is 1.02. The number of fused-ring (bicyclic) bond motifs is 1. The SMILES string of the molecule is C=C1Nc2cc(C)ccc2S1. The Hall–Kier alpha value is -0.890. The molecule has 0 fully saturated rings. The van der Waals surface area contributed by atoms with E-state index in [0.717, 1.165) is 5.03 Å². The first-order chi connectivity index (χ1) is 5.25. The number of benzene rings is 1. The molecule has 0 bridgehead atoms. The van der Waals surface area contributed by atoms with Crippen LogP contribution in [0.4, 0.5) is 5.69 Å². The molecular formula is C9H9NS. The fourth-order valence-electron chi connectivity index (χ4n) is 1.14. The van der Waals surface area contributed by atoms with Crippen molar-refractivity contribution in [3.63, 3.8) is 0 Å². The molecule has 0 aromatic heterocycles. The summed E-state index contributed by atoms with van der Waals surface area (Å²) in [5.41, 5.74) is 2.48. The summed E-state index contributed by atoms with van der Waals surface area (Å²) in [7, 11) is 0. The van der Waals surface area contributed by atoms with Crippen molar-refractivity contribution in [3.8, 4) is 0 Å². The van der Waals surface area contributed by atoms with Gasteiger partial charge in [-0.25, -0.2) is 0 Å². The summed E-state index contributed by atoms with van der Waals surface area (Å²) < 4.78 is 0. The van der Waals surface area contributed by atoms with Crippen molar-refractivity contribution in [2.45, 2.75) is 11.8 Å². The normalized spacial score (nSPS) is 14.5. The van der Waals surface area contributed by atoms with Crippen LogP contribution in [0.3, 0.4) is 0 Å². The van der Waals surface area contributed by atoms with Crippen LogP contribution in [0.2, 0.25) is 0 Å². The van der Waals surface area contributed by atoms with Crippen molar-refractivity contribution in [3.05, 3.63) is 35.4 Å². The Morgan fingerprint density at radius 3 is 3.09 bits per heavy atom. The molecule has 0 amide bonds. The zero-order chi connectivity index (χ0) is 7.84. The number of hydrogen-bond donors (Lipinski definition) is 1. The Morgan fingerprint density at radius 1 is 1.45 bits per heavy atom. The van der Waals surface area contributed by atoms with Gasteiger partial charge in [0.1, 0.15) is 0 Å². The number of rotatable bonds is 0. The molecule has 0 saturated carbocycles. The van der Waals surface area contributed by atoms with Crippen molar-refractivity contribution in [1.29, 1.82) is 0 Å². The maximum absolute atomic E-state index is 3.85. The molecule has 1 aromatic carbocycles. The molecule has 0 atom stereocenters. The summed E-state index contributed by atoms with van der Waals surface area (Å²) in [6, 6.07) is 6.38. The lowest BCUT2D eigenvalue weighted by Crippen LogP contribution is -1.85. The van der Waals surface area contributed by atoms with Gasteiger partial charge in [0, 0.05) is 4.90 Å². The molecule has 2 rings (SSSR count). The van der Waals surface area contributed by atoms with Crippen LogP contribution in [0.5, 0.6) is 0 Å². The predicted molar refractivity (Wildman–Crippen MR) is 49.8 cm³/mol. The summed E-state index contributed by atoms with van der Waals surface area (Å²) >= 11 is 1.69. The summed E-state index contributed by atoms with van der Waals surface area (Å²) in [4.78, 5) is 1.28. The monoisotopic (exact) mass is 163 g/mol. The molecule has 0 saturated heterocycles. The molecule has 1 heterocycles. The van der Waals surface area contributed by atoms with E-state index >= 15 is 0 Å². The van der Waals surface area contributed by atoms with Crippen molar-refractivity contribution < 1.29 is 0 Å². The zero-order valence-electron chi connectivity index (χ0n) is 6.35. The van der Waals surface area contributed by atoms with Crippen molar-refractivity contribution in [2.24, 2.45) is 0 Å². The van der Waals surface area contributed by atoms with Gasteiger partial charge in [-0.05, 0) is 24.6 Å². The van der Waals surface area contributed by atoms with Crippen LogP contribution in [0.1, 0.15) is 5.56 Å². The van der Waals surface area contributed by atoms with Crippen LogP contribution < -0.4 is 5.32 Å². The number of thioether (sulfide) groups is 1. The second-order valence-corrected chi connectivity index (χ2v) is 3.79. The average Bonchev–Trinajstić information content (AvgIpc) is 2.27. The Labute approximate surface area is 70.5 Å². The molecule has 0 aliphatic carbocycles. The van der Waals surface area contributed by atoms with E-state index in [1.54, 1.807) is 11.8 Å². The molecule has 1 aromatic rings. The summed E-state index contributed by atoms with van der Waals surface area (Å²) in [5, 5.41) is 4.23. The van der Waals surface area contributed by atoms with Gasteiger partial charge in [-0.3, -0.25) is 0 Å². The van der Waals surface area contributed by atoms with Gasteiger partial charge in [0.15, 0.2) is 0 Å². The first-order valence-corrected chi connectivity index (χ1v) is 4.32. The molecule has 56 valence electrons. The van der Waals surface area contributed by atoms with Crippen LogP contribution in [0.15, 0.2) is 34.7 Å². The van der Waals surface area contributed by atoms with Gasteiger partial charge >= 0.3 is 0 Å². The van der Waals surface area contributed by atoms with Crippen LogP contribution >= 0.6 is 11.8 Å². The molecule has 1 aliphatic heterocycles. The lowest BCUT2D eigenvalue weighted by atomic mass is 10.2. The van der Waals surface area contributed by atoms with E-state index in [4.69, 9.17) is 0 Å². The summed E-state index contributed by atoms with van der Waals surface area (Å²) in [5.74, 6) is 0. The van der Waals surface area contributed by atoms with Crippen molar-refractivity contribution in [2.75, 3.05) is 5.32 Å². The second kappa shape index (κ2) is 2.31. The third-order valence-corrected chi connectivity index (χ3v) is 2.57. The third-order valence-electron chi connectivity index (χ3n) is 1.64. The zero-order valence-corrected chi connectivity index (χ0v) is 7.16.